The van der Waals surface area contributed by atoms with E-state index in [9.17, 15) is 14.9 Å². The largest absolute Gasteiger partial charge is 0.456 e. The smallest absolute Gasteiger partial charge is 0.361 e. The highest BCUT2D eigenvalue weighted by Crippen LogP contribution is 2.24. The van der Waals surface area contributed by atoms with Gasteiger partial charge >= 0.3 is 5.97 Å². The van der Waals surface area contributed by atoms with Gasteiger partial charge in [0, 0.05) is 36.3 Å². The van der Waals surface area contributed by atoms with Gasteiger partial charge in [0.15, 0.2) is 23.5 Å². The van der Waals surface area contributed by atoms with Crippen molar-refractivity contribution in [3.8, 4) is 11.5 Å². The molecule has 0 atom stereocenters. The predicted octanol–water partition coefficient (Wildman–Crippen LogP) is 4.60. The summed E-state index contributed by atoms with van der Waals surface area (Å²) in [5.74, 6) is -0.450. The van der Waals surface area contributed by atoms with Crippen molar-refractivity contribution in [1.82, 2.24) is 14.7 Å². The number of non-ortho nitro benzene ring substituents is 1. The van der Waals surface area contributed by atoms with E-state index in [2.05, 4.69) is 10.1 Å². The van der Waals surface area contributed by atoms with Gasteiger partial charge in [0.05, 0.1) is 10.4 Å². The maximum absolute atomic E-state index is 12.4. The minimum absolute atomic E-state index is 0.0223. The summed E-state index contributed by atoms with van der Waals surface area (Å²) in [6, 6.07) is 15.8. The predicted molar refractivity (Wildman–Crippen MR) is 115 cm³/mol. The molecule has 0 unspecified atom stereocenters. The third kappa shape index (κ3) is 4.09. The van der Waals surface area contributed by atoms with E-state index in [1.807, 2.05) is 41.1 Å². The van der Waals surface area contributed by atoms with Gasteiger partial charge in [-0.15, -0.1) is 0 Å². The average Bonchev–Trinajstić information content (AvgIpc) is 3.58. The molecule has 5 rings (SSSR count). The number of rotatable bonds is 7. The molecule has 10 nitrogen and oxygen atoms in total. The number of nitro groups is 1. The summed E-state index contributed by atoms with van der Waals surface area (Å²) in [6.45, 7) is 0.605. The number of nitro benzene ring substituents is 1. The Hall–Kier alpha value is -4.73. The van der Waals surface area contributed by atoms with Gasteiger partial charge < -0.3 is 18.2 Å². The third-order valence-corrected chi connectivity index (χ3v) is 5.15. The number of aromatic nitrogens is 3. The number of esters is 1. The van der Waals surface area contributed by atoms with Crippen LogP contribution in [0.5, 0.6) is 0 Å². The van der Waals surface area contributed by atoms with Crippen LogP contribution in [0.2, 0.25) is 0 Å². The zero-order valence-electron chi connectivity index (χ0n) is 17.1. The molecule has 0 bridgehead atoms. The second-order valence-corrected chi connectivity index (χ2v) is 7.25. The lowest BCUT2D eigenvalue weighted by atomic mass is 10.1. The maximum atomic E-state index is 12.4. The van der Waals surface area contributed by atoms with Gasteiger partial charge in [-0.2, -0.15) is 0 Å². The van der Waals surface area contributed by atoms with Crippen LogP contribution in [-0.2, 0) is 17.9 Å². The first kappa shape index (κ1) is 20.2. The highest BCUT2D eigenvalue weighted by molar-refractivity contribution is 5.93. The van der Waals surface area contributed by atoms with E-state index in [0.717, 1.165) is 28.4 Å². The molecule has 10 heteroatoms. The molecule has 0 spiro atoms. The van der Waals surface area contributed by atoms with Crippen molar-refractivity contribution in [3.63, 3.8) is 0 Å². The molecule has 0 radical (unpaired) electrons. The van der Waals surface area contributed by atoms with Crippen LogP contribution >= 0.6 is 0 Å². The van der Waals surface area contributed by atoms with Crippen molar-refractivity contribution in [2.45, 2.75) is 13.2 Å². The molecule has 0 aliphatic rings. The van der Waals surface area contributed by atoms with Crippen molar-refractivity contribution >= 4 is 22.6 Å². The standard InChI is InChI=1S/C23H16N4O6/c28-23(21-22(32-14-24-21)19-8-10-33-25-19)31-13-16-3-1-15(2-4-16)12-26-9-7-17-5-6-18(27(29)30)11-20(17)26/h1-11,14H,12-13H2. The van der Waals surface area contributed by atoms with Gasteiger partial charge in [-0.1, -0.05) is 29.4 Å². The first-order valence-electron chi connectivity index (χ1n) is 9.91. The SMILES string of the molecule is O=C(OCc1ccc(Cn2ccc3ccc([N+](=O)[O-])cc32)cc1)c1ncoc1-c1ccon1. The number of fused-ring (bicyclic) bond motifs is 1. The number of hydrogen-bond donors (Lipinski definition) is 0. The van der Waals surface area contributed by atoms with E-state index in [0.29, 0.717) is 12.2 Å². The number of benzene rings is 2. The molecule has 164 valence electrons. The number of ether oxygens (including phenoxy) is 1. The number of carbonyl (C=O) groups is 1. The number of nitrogens with zero attached hydrogens (tertiary/aromatic N) is 4. The highest BCUT2D eigenvalue weighted by atomic mass is 16.6. The Bertz CT molecular complexity index is 1430. The minimum atomic E-state index is -0.633. The summed E-state index contributed by atoms with van der Waals surface area (Å²) in [5, 5.41) is 15.8. The Morgan fingerprint density at radius 3 is 2.67 bits per heavy atom. The van der Waals surface area contributed by atoms with Crippen LogP contribution < -0.4 is 0 Å². The van der Waals surface area contributed by atoms with Gasteiger partial charge in [0.1, 0.15) is 12.9 Å². The van der Waals surface area contributed by atoms with Crippen molar-refractivity contribution in [1.29, 1.82) is 0 Å². The first-order chi connectivity index (χ1) is 16.1. The van der Waals surface area contributed by atoms with E-state index in [4.69, 9.17) is 13.7 Å². The van der Waals surface area contributed by atoms with Crippen LogP contribution in [0.15, 0.2) is 82.4 Å². The Balaban J connectivity index is 1.25. The summed E-state index contributed by atoms with van der Waals surface area (Å²) in [7, 11) is 0. The molecule has 3 aromatic heterocycles. The van der Waals surface area contributed by atoms with Crippen molar-refractivity contribution in [2.75, 3.05) is 0 Å². The van der Waals surface area contributed by atoms with Gasteiger partial charge in [0.25, 0.3) is 5.69 Å². The van der Waals surface area contributed by atoms with Crippen molar-refractivity contribution in [3.05, 3.63) is 100 Å². The average molecular weight is 444 g/mol. The Morgan fingerprint density at radius 2 is 1.91 bits per heavy atom. The molecule has 0 aliphatic carbocycles. The molecule has 0 amide bonds. The van der Waals surface area contributed by atoms with E-state index < -0.39 is 10.9 Å². The van der Waals surface area contributed by atoms with Crippen LogP contribution in [0.3, 0.4) is 0 Å². The number of hydrogen-bond acceptors (Lipinski definition) is 8. The fraction of sp³-hybridized carbons (Fsp3) is 0.0870. The zero-order chi connectivity index (χ0) is 22.8. The third-order valence-electron chi connectivity index (χ3n) is 5.15. The number of oxazole rings is 1. The van der Waals surface area contributed by atoms with Gasteiger partial charge in [-0.05, 0) is 23.3 Å². The Kier molecular flexibility index (Phi) is 5.15. The topological polar surface area (TPSA) is 126 Å². The zero-order valence-corrected chi connectivity index (χ0v) is 17.1. The lowest BCUT2D eigenvalue weighted by Gasteiger charge is -2.08. The number of carbonyl (C=O) groups excluding carboxylic acids is 1. The lowest BCUT2D eigenvalue weighted by molar-refractivity contribution is -0.384. The Labute approximate surface area is 186 Å². The molecular formula is C23H16N4O6. The summed E-state index contributed by atoms with van der Waals surface area (Å²) < 4.78 is 17.3. The molecule has 2 aromatic carbocycles. The van der Waals surface area contributed by atoms with Crippen LogP contribution in [-0.4, -0.2) is 25.6 Å². The minimum Gasteiger partial charge on any atom is -0.456 e. The van der Waals surface area contributed by atoms with E-state index >= 15 is 0 Å². The molecular weight excluding hydrogens is 428 g/mol. The lowest BCUT2D eigenvalue weighted by Crippen LogP contribution is -2.07. The quantitative estimate of drug-likeness (QED) is 0.202. The summed E-state index contributed by atoms with van der Waals surface area (Å²) in [4.78, 5) is 27.0. The molecule has 0 fully saturated rings. The molecule has 33 heavy (non-hydrogen) atoms. The molecule has 5 aromatic rings. The maximum Gasteiger partial charge on any atom is 0.361 e. The molecule has 3 heterocycles. The second kappa shape index (κ2) is 8.42. The highest BCUT2D eigenvalue weighted by Gasteiger charge is 2.21. The monoisotopic (exact) mass is 444 g/mol. The molecule has 0 aliphatic heterocycles. The van der Waals surface area contributed by atoms with E-state index in [1.54, 1.807) is 18.2 Å². The van der Waals surface area contributed by atoms with E-state index in [1.165, 1.54) is 12.3 Å². The summed E-state index contributed by atoms with van der Waals surface area (Å²) in [6.07, 6.45) is 4.41. The van der Waals surface area contributed by atoms with Crippen LogP contribution in [0.1, 0.15) is 21.6 Å². The van der Waals surface area contributed by atoms with Gasteiger partial charge in [0.2, 0.25) is 0 Å². The molecule has 0 saturated carbocycles. The first-order valence-corrected chi connectivity index (χ1v) is 9.91. The van der Waals surface area contributed by atoms with Gasteiger partial charge in [-0.3, -0.25) is 10.1 Å². The van der Waals surface area contributed by atoms with Crippen LogP contribution in [0, 0.1) is 10.1 Å². The molecule has 0 saturated heterocycles. The van der Waals surface area contributed by atoms with Gasteiger partial charge in [-0.25, -0.2) is 9.78 Å². The van der Waals surface area contributed by atoms with Crippen LogP contribution in [0.25, 0.3) is 22.4 Å². The fourth-order valence-electron chi connectivity index (χ4n) is 3.48. The second-order valence-electron chi connectivity index (χ2n) is 7.25. The van der Waals surface area contributed by atoms with Crippen molar-refractivity contribution in [2.24, 2.45) is 0 Å². The Morgan fingerprint density at radius 1 is 1.09 bits per heavy atom. The summed E-state index contributed by atoms with van der Waals surface area (Å²) in [5.41, 5.74) is 3.02. The van der Waals surface area contributed by atoms with Crippen LogP contribution in [0.4, 0.5) is 5.69 Å². The fourth-order valence-corrected chi connectivity index (χ4v) is 3.48. The van der Waals surface area contributed by atoms with E-state index in [-0.39, 0.29) is 23.7 Å². The molecule has 0 N–H and O–H groups in total. The van der Waals surface area contributed by atoms with Crippen molar-refractivity contribution < 1.29 is 23.4 Å². The normalized spacial score (nSPS) is 11.0. The summed E-state index contributed by atoms with van der Waals surface area (Å²) >= 11 is 0.